The van der Waals surface area contributed by atoms with E-state index in [0.29, 0.717) is 5.46 Å². The summed E-state index contributed by atoms with van der Waals surface area (Å²) in [5, 5.41) is -0.153. The maximum atomic E-state index is 14.2. The monoisotopic (exact) mass is 347 g/mol. The van der Waals surface area contributed by atoms with Gasteiger partial charge in [0.2, 0.25) is 0 Å². The molecule has 1 aliphatic heterocycles. The van der Waals surface area contributed by atoms with Crippen molar-refractivity contribution >= 4 is 29.5 Å². The Morgan fingerprint density at radius 2 is 1.80 bits per heavy atom. The first-order valence-corrected chi connectivity index (χ1v) is 7.87. The minimum Gasteiger partial charge on any atom is -0.464 e. The number of methoxy groups -OCH3 is 1. The van der Waals surface area contributed by atoms with Crippen molar-refractivity contribution in [2.45, 2.75) is 38.9 Å². The van der Waals surface area contributed by atoms with Crippen LogP contribution in [0.5, 0.6) is 0 Å². The van der Waals surface area contributed by atoms with Gasteiger partial charge in [0.15, 0.2) is 5.43 Å². The van der Waals surface area contributed by atoms with Crippen LogP contribution in [0.4, 0.5) is 4.39 Å². The second kappa shape index (κ2) is 5.67. The predicted molar refractivity (Wildman–Crippen MR) is 91.6 cm³/mol. The average Bonchev–Trinajstić information content (AvgIpc) is 2.74. The minimum absolute atomic E-state index is 0.0663. The van der Waals surface area contributed by atoms with Crippen molar-refractivity contribution in [2.75, 3.05) is 7.11 Å². The number of rotatable bonds is 2. The number of halogens is 1. The fourth-order valence-corrected chi connectivity index (χ4v) is 2.73. The van der Waals surface area contributed by atoms with Gasteiger partial charge in [-0.25, -0.2) is 9.18 Å². The normalized spacial score (nSPS) is 18.6. The number of aromatic nitrogens is 1. The molecule has 0 aliphatic carbocycles. The lowest BCUT2D eigenvalue weighted by Crippen LogP contribution is -2.41. The molecule has 1 aliphatic rings. The summed E-state index contributed by atoms with van der Waals surface area (Å²) >= 11 is 0. The molecule has 1 saturated heterocycles. The first-order valence-electron chi connectivity index (χ1n) is 7.87. The summed E-state index contributed by atoms with van der Waals surface area (Å²) in [5.41, 5.74) is -1.28. The number of fused-ring (bicyclic) bond motifs is 1. The maximum Gasteiger partial charge on any atom is 0.497 e. The molecule has 6 nitrogen and oxygen atoms in total. The molecule has 0 atom stereocenters. The minimum atomic E-state index is -0.809. The molecule has 1 N–H and O–H groups in total. The van der Waals surface area contributed by atoms with Crippen LogP contribution in [0.15, 0.2) is 23.0 Å². The van der Waals surface area contributed by atoms with Crippen molar-refractivity contribution in [1.29, 1.82) is 0 Å². The number of hydrogen-bond acceptors (Lipinski definition) is 5. The van der Waals surface area contributed by atoms with Gasteiger partial charge in [0.05, 0.1) is 29.2 Å². The van der Waals surface area contributed by atoms with E-state index in [2.05, 4.69) is 9.72 Å². The summed E-state index contributed by atoms with van der Waals surface area (Å²) in [7, 11) is 0.391. The highest BCUT2D eigenvalue weighted by molar-refractivity contribution is 6.65. The van der Waals surface area contributed by atoms with Crippen molar-refractivity contribution in [3.63, 3.8) is 0 Å². The van der Waals surface area contributed by atoms with Gasteiger partial charge in [0.25, 0.3) is 0 Å². The van der Waals surface area contributed by atoms with Gasteiger partial charge in [-0.2, -0.15) is 0 Å². The Kier molecular flexibility index (Phi) is 4.00. The summed E-state index contributed by atoms with van der Waals surface area (Å²) in [4.78, 5) is 26.9. The van der Waals surface area contributed by atoms with Gasteiger partial charge in [-0.15, -0.1) is 0 Å². The highest BCUT2D eigenvalue weighted by atomic mass is 19.1. The molecule has 0 spiro atoms. The summed E-state index contributed by atoms with van der Waals surface area (Å²) in [6, 6.07) is 3.69. The lowest BCUT2D eigenvalue weighted by Gasteiger charge is -2.32. The molecule has 0 radical (unpaired) electrons. The van der Waals surface area contributed by atoms with E-state index in [9.17, 15) is 14.0 Å². The van der Waals surface area contributed by atoms with Gasteiger partial charge in [0, 0.05) is 11.5 Å². The largest absolute Gasteiger partial charge is 0.497 e. The number of ether oxygens (including phenoxy) is 1. The van der Waals surface area contributed by atoms with Crippen LogP contribution >= 0.6 is 0 Å². The van der Waals surface area contributed by atoms with Crippen LogP contribution in [-0.4, -0.2) is 36.4 Å². The van der Waals surface area contributed by atoms with Crippen LogP contribution in [0.2, 0.25) is 0 Å². The van der Waals surface area contributed by atoms with Crippen LogP contribution in [0.25, 0.3) is 10.9 Å². The molecule has 0 saturated carbocycles. The molecule has 0 amide bonds. The summed E-state index contributed by atoms with van der Waals surface area (Å²) in [6.45, 7) is 7.56. The average molecular weight is 347 g/mol. The van der Waals surface area contributed by atoms with Crippen LogP contribution in [-0.2, 0) is 14.0 Å². The fourth-order valence-electron chi connectivity index (χ4n) is 2.73. The number of carbonyl (C=O) groups excluding carboxylic acids is 1. The quantitative estimate of drug-likeness (QED) is 0.662. The number of aromatic amines is 1. The summed E-state index contributed by atoms with van der Waals surface area (Å²) in [6.07, 6.45) is 0. The molecular weight excluding hydrogens is 328 g/mol. The van der Waals surface area contributed by atoms with Gasteiger partial charge in [-0.3, -0.25) is 4.79 Å². The molecule has 25 heavy (non-hydrogen) atoms. The molecule has 3 rings (SSSR count). The third-order valence-electron chi connectivity index (χ3n) is 4.88. The van der Waals surface area contributed by atoms with E-state index in [1.807, 2.05) is 27.7 Å². The maximum absolute atomic E-state index is 14.2. The van der Waals surface area contributed by atoms with Crippen molar-refractivity contribution in [2.24, 2.45) is 0 Å². The summed E-state index contributed by atoms with van der Waals surface area (Å²) in [5.74, 6) is -1.41. The lowest BCUT2D eigenvalue weighted by atomic mass is 9.77. The Morgan fingerprint density at radius 1 is 1.20 bits per heavy atom. The third kappa shape index (κ3) is 2.75. The molecule has 2 aromatic rings. The van der Waals surface area contributed by atoms with Gasteiger partial charge in [-0.05, 0) is 33.8 Å². The van der Waals surface area contributed by atoms with E-state index in [4.69, 9.17) is 9.31 Å². The number of esters is 1. The Labute approximate surface area is 144 Å². The predicted octanol–water partition coefficient (Wildman–Crippen LogP) is 1.75. The first kappa shape index (κ1) is 17.6. The number of hydrogen-bond donors (Lipinski definition) is 1. The van der Waals surface area contributed by atoms with Gasteiger partial charge < -0.3 is 19.0 Å². The lowest BCUT2D eigenvalue weighted by molar-refractivity contribution is 0.00578. The zero-order chi connectivity index (χ0) is 18.6. The molecule has 1 aromatic heterocycles. The molecule has 132 valence electrons. The SMILES string of the molecule is COC(=O)c1cc(=O)c2c(F)ccc(B3OC(C)(C)C(C)(C)O3)c2[nH]1. The number of H-pyrrole nitrogens is 1. The second-order valence-electron chi connectivity index (χ2n) is 7.01. The molecule has 0 bridgehead atoms. The zero-order valence-electron chi connectivity index (χ0n) is 14.7. The van der Waals surface area contributed by atoms with Crippen LogP contribution in [0.3, 0.4) is 0 Å². The number of nitrogens with one attached hydrogen (secondary N) is 1. The molecule has 2 heterocycles. The van der Waals surface area contributed by atoms with E-state index in [1.54, 1.807) is 0 Å². The molecular formula is C17H19BFNO5. The van der Waals surface area contributed by atoms with E-state index < -0.39 is 35.5 Å². The topological polar surface area (TPSA) is 77.6 Å². The molecule has 1 aromatic carbocycles. The van der Waals surface area contributed by atoms with E-state index >= 15 is 0 Å². The Hall–Kier alpha value is -2.19. The van der Waals surface area contributed by atoms with Crippen molar-refractivity contribution < 1.29 is 23.2 Å². The highest BCUT2D eigenvalue weighted by Gasteiger charge is 2.52. The smallest absolute Gasteiger partial charge is 0.464 e. The highest BCUT2D eigenvalue weighted by Crippen LogP contribution is 2.36. The van der Waals surface area contributed by atoms with Crippen molar-refractivity contribution in [3.05, 3.63) is 39.9 Å². The zero-order valence-corrected chi connectivity index (χ0v) is 14.7. The fraction of sp³-hybridized carbons (Fsp3) is 0.412. The first-order chi connectivity index (χ1) is 11.6. The van der Waals surface area contributed by atoms with Crippen molar-refractivity contribution in [3.8, 4) is 0 Å². The van der Waals surface area contributed by atoms with Crippen molar-refractivity contribution in [1.82, 2.24) is 4.98 Å². The molecule has 0 unspecified atom stereocenters. The van der Waals surface area contributed by atoms with Crippen LogP contribution < -0.4 is 10.9 Å². The van der Waals surface area contributed by atoms with Gasteiger partial charge in [-0.1, -0.05) is 6.07 Å². The third-order valence-corrected chi connectivity index (χ3v) is 4.88. The number of carbonyl (C=O) groups is 1. The number of benzene rings is 1. The van der Waals surface area contributed by atoms with E-state index in [-0.39, 0.29) is 16.6 Å². The van der Waals surface area contributed by atoms with E-state index in [0.717, 1.165) is 6.07 Å². The standard InChI is InChI=1S/C17H19BFNO5/c1-16(2)17(3,4)25-18(24-16)9-6-7-10(19)13-12(21)8-11(15(22)23-5)20-14(9)13/h6-8H,1-5H3,(H,20,21). The Bertz CT molecular complexity index is 905. The Morgan fingerprint density at radius 3 is 2.36 bits per heavy atom. The summed E-state index contributed by atoms with van der Waals surface area (Å²) < 4.78 is 30.8. The van der Waals surface area contributed by atoms with Gasteiger partial charge in [0.1, 0.15) is 11.5 Å². The van der Waals surface area contributed by atoms with Gasteiger partial charge >= 0.3 is 13.1 Å². The molecule has 8 heteroatoms. The second-order valence-corrected chi connectivity index (χ2v) is 7.01. The van der Waals surface area contributed by atoms with E-state index in [1.165, 1.54) is 19.2 Å². The van der Waals surface area contributed by atoms with Crippen LogP contribution in [0, 0.1) is 5.82 Å². The van der Waals surface area contributed by atoms with Crippen LogP contribution in [0.1, 0.15) is 38.2 Å². The Balaban J connectivity index is 2.23. The molecule has 1 fully saturated rings. The number of pyridine rings is 1.